The van der Waals surface area contributed by atoms with Crippen molar-refractivity contribution in [3.63, 3.8) is 0 Å². The van der Waals surface area contributed by atoms with Crippen molar-refractivity contribution in [2.45, 2.75) is 50.6 Å². The number of likely N-dealkylation sites (tertiary alicyclic amines) is 1. The van der Waals surface area contributed by atoms with Gasteiger partial charge in [0.05, 0.1) is 5.92 Å². The van der Waals surface area contributed by atoms with Gasteiger partial charge in [-0.25, -0.2) is 0 Å². The molecule has 2 fully saturated rings. The molecule has 92 valence electrons. The molecule has 2 aliphatic rings. The Balaban J connectivity index is 1.87. The van der Waals surface area contributed by atoms with Crippen molar-refractivity contribution in [3.05, 3.63) is 0 Å². The van der Waals surface area contributed by atoms with Gasteiger partial charge < -0.3 is 11.5 Å². The highest BCUT2D eigenvalue weighted by Crippen LogP contribution is 2.26. The van der Waals surface area contributed by atoms with Crippen LogP contribution in [0.15, 0.2) is 0 Å². The van der Waals surface area contributed by atoms with Gasteiger partial charge in [0.2, 0.25) is 5.91 Å². The molecule has 0 bridgehead atoms. The SMILES string of the molecule is NC(=O)C1CCCN(C2CCC(N)CC2)C1. The van der Waals surface area contributed by atoms with Gasteiger partial charge in [0, 0.05) is 18.6 Å². The van der Waals surface area contributed by atoms with Crippen LogP contribution in [0.5, 0.6) is 0 Å². The van der Waals surface area contributed by atoms with Crippen molar-refractivity contribution in [3.8, 4) is 0 Å². The Labute approximate surface area is 97.3 Å². The standard InChI is InChI=1S/C12H23N3O/c13-10-3-5-11(6-4-10)15-7-1-2-9(8-15)12(14)16/h9-11H,1-8,13H2,(H2,14,16). The number of carbonyl (C=O) groups is 1. The van der Waals surface area contributed by atoms with Crippen molar-refractivity contribution < 1.29 is 4.79 Å². The van der Waals surface area contributed by atoms with E-state index in [4.69, 9.17) is 11.5 Å². The maximum atomic E-state index is 11.2. The van der Waals surface area contributed by atoms with Gasteiger partial charge in [-0.15, -0.1) is 0 Å². The van der Waals surface area contributed by atoms with Crippen molar-refractivity contribution in [1.29, 1.82) is 0 Å². The zero-order chi connectivity index (χ0) is 11.5. The van der Waals surface area contributed by atoms with E-state index in [1.165, 1.54) is 12.8 Å². The fourth-order valence-electron chi connectivity index (χ4n) is 3.04. The first-order valence-corrected chi connectivity index (χ1v) is 6.45. The molecule has 0 spiro atoms. The highest BCUT2D eigenvalue weighted by atomic mass is 16.1. The van der Waals surface area contributed by atoms with Crippen LogP contribution in [0.2, 0.25) is 0 Å². The Hall–Kier alpha value is -0.610. The molecule has 16 heavy (non-hydrogen) atoms. The number of piperidine rings is 1. The van der Waals surface area contributed by atoms with E-state index in [0.29, 0.717) is 12.1 Å². The van der Waals surface area contributed by atoms with E-state index in [0.717, 1.165) is 38.8 Å². The lowest BCUT2D eigenvalue weighted by Gasteiger charge is -2.40. The van der Waals surface area contributed by atoms with Crippen LogP contribution in [0.3, 0.4) is 0 Å². The number of carbonyl (C=O) groups excluding carboxylic acids is 1. The molecular formula is C12H23N3O. The molecule has 1 amide bonds. The number of primary amides is 1. The van der Waals surface area contributed by atoms with Crippen LogP contribution in [0, 0.1) is 5.92 Å². The van der Waals surface area contributed by atoms with Crippen molar-refractivity contribution >= 4 is 5.91 Å². The summed E-state index contributed by atoms with van der Waals surface area (Å²) in [6, 6.07) is 1.04. The Morgan fingerprint density at radius 1 is 1.12 bits per heavy atom. The summed E-state index contributed by atoms with van der Waals surface area (Å²) in [5.41, 5.74) is 11.3. The molecule has 1 aliphatic heterocycles. The van der Waals surface area contributed by atoms with Crippen molar-refractivity contribution in [2.24, 2.45) is 17.4 Å². The minimum absolute atomic E-state index is 0.0735. The van der Waals surface area contributed by atoms with E-state index in [1.807, 2.05) is 0 Å². The Morgan fingerprint density at radius 3 is 2.44 bits per heavy atom. The van der Waals surface area contributed by atoms with Crippen LogP contribution >= 0.6 is 0 Å². The van der Waals surface area contributed by atoms with Crippen LogP contribution < -0.4 is 11.5 Å². The number of nitrogens with zero attached hydrogens (tertiary/aromatic N) is 1. The molecule has 0 radical (unpaired) electrons. The second-order valence-electron chi connectivity index (χ2n) is 5.31. The number of rotatable bonds is 2. The molecule has 1 saturated carbocycles. The van der Waals surface area contributed by atoms with Gasteiger partial charge in [0.1, 0.15) is 0 Å². The van der Waals surface area contributed by atoms with E-state index >= 15 is 0 Å². The average molecular weight is 225 g/mol. The summed E-state index contributed by atoms with van der Waals surface area (Å²) in [6.45, 7) is 2.00. The van der Waals surface area contributed by atoms with Gasteiger partial charge >= 0.3 is 0 Å². The molecule has 0 aromatic heterocycles. The largest absolute Gasteiger partial charge is 0.369 e. The van der Waals surface area contributed by atoms with Crippen LogP contribution in [-0.2, 0) is 4.79 Å². The summed E-state index contributed by atoms with van der Waals surface area (Å²) in [6.07, 6.45) is 6.71. The monoisotopic (exact) mass is 225 g/mol. The molecule has 4 heteroatoms. The van der Waals surface area contributed by atoms with Crippen LogP contribution in [-0.4, -0.2) is 36.0 Å². The second-order valence-corrected chi connectivity index (χ2v) is 5.31. The number of amides is 1. The topological polar surface area (TPSA) is 72.4 Å². The van der Waals surface area contributed by atoms with Crippen LogP contribution in [0.1, 0.15) is 38.5 Å². The maximum Gasteiger partial charge on any atom is 0.221 e. The summed E-state index contributed by atoms with van der Waals surface area (Å²) in [5, 5.41) is 0. The van der Waals surface area contributed by atoms with Gasteiger partial charge in [0.25, 0.3) is 0 Å². The molecule has 4 nitrogen and oxygen atoms in total. The quantitative estimate of drug-likeness (QED) is 0.717. The molecule has 1 aliphatic carbocycles. The van der Waals surface area contributed by atoms with E-state index < -0.39 is 0 Å². The van der Waals surface area contributed by atoms with Crippen LogP contribution in [0.25, 0.3) is 0 Å². The molecule has 0 aromatic rings. The van der Waals surface area contributed by atoms with Gasteiger partial charge in [-0.05, 0) is 45.1 Å². The van der Waals surface area contributed by atoms with E-state index in [1.54, 1.807) is 0 Å². The summed E-state index contributed by atoms with van der Waals surface area (Å²) in [7, 11) is 0. The maximum absolute atomic E-state index is 11.2. The predicted molar refractivity (Wildman–Crippen MR) is 63.7 cm³/mol. The van der Waals surface area contributed by atoms with Crippen molar-refractivity contribution in [1.82, 2.24) is 4.90 Å². The third-order valence-electron chi connectivity index (χ3n) is 4.11. The third-order valence-corrected chi connectivity index (χ3v) is 4.11. The Kier molecular flexibility index (Phi) is 3.82. The lowest BCUT2D eigenvalue weighted by Crippen LogP contribution is -2.48. The molecule has 1 unspecified atom stereocenters. The Morgan fingerprint density at radius 2 is 1.81 bits per heavy atom. The number of nitrogens with two attached hydrogens (primary N) is 2. The molecular weight excluding hydrogens is 202 g/mol. The first-order valence-electron chi connectivity index (χ1n) is 6.45. The molecule has 2 rings (SSSR count). The molecule has 1 saturated heterocycles. The number of hydrogen-bond donors (Lipinski definition) is 2. The second kappa shape index (κ2) is 5.15. The highest BCUT2D eigenvalue weighted by molar-refractivity contribution is 5.76. The summed E-state index contributed by atoms with van der Waals surface area (Å²) in [5.74, 6) is -0.0541. The normalized spacial score (nSPS) is 37.2. The lowest BCUT2D eigenvalue weighted by molar-refractivity contribution is -0.123. The van der Waals surface area contributed by atoms with Gasteiger partial charge in [-0.3, -0.25) is 9.69 Å². The zero-order valence-corrected chi connectivity index (χ0v) is 9.90. The van der Waals surface area contributed by atoms with Crippen molar-refractivity contribution in [2.75, 3.05) is 13.1 Å². The summed E-state index contributed by atoms with van der Waals surface area (Å²) < 4.78 is 0. The fraction of sp³-hybridized carbons (Fsp3) is 0.917. The molecule has 1 heterocycles. The smallest absolute Gasteiger partial charge is 0.221 e. The minimum Gasteiger partial charge on any atom is -0.369 e. The zero-order valence-electron chi connectivity index (χ0n) is 9.90. The van der Waals surface area contributed by atoms with Gasteiger partial charge in [0.15, 0.2) is 0 Å². The number of hydrogen-bond acceptors (Lipinski definition) is 3. The summed E-state index contributed by atoms with van der Waals surface area (Å²) >= 11 is 0. The van der Waals surface area contributed by atoms with Gasteiger partial charge in [-0.2, -0.15) is 0 Å². The first kappa shape index (κ1) is 11.9. The molecule has 0 aromatic carbocycles. The van der Waals surface area contributed by atoms with E-state index in [2.05, 4.69) is 4.90 Å². The Bertz CT molecular complexity index is 249. The predicted octanol–water partition coefficient (Wildman–Crippen LogP) is 0.454. The molecule has 1 atom stereocenters. The molecule has 4 N–H and O–H groups in total. The first-order chi connectivity index (χ1) is 7.66. The van der Waals surface area contributed by atoms with E-state index in [-0.39, 0.29) is 11.8 Å². The minimum atomic E-state index is -0.128. The van der Waals surface area contributed by atoms with Gasteiger partial charge in [-0.1, -0.05) is 0 Å². The third kappa shape index (κ3) is 2.74. The highest BCUT2D eigenvalue weighted by Gasteiger charge is 2.30. The van der Waals surface area contributed by atoms with Crippen LogP contribution in [0.4, 0.5) is 0 Å². The average Bonchev–Trinajstić information content (AvgIpc) is 2.30. The van der Waals surface area contributed by atoms with E-state index in [9.17, 15) is 4.79 Å². The lowest BCUT2D eigenvalue weighted by atomic mass is 9.88. The summed E-state index contributed by atoms with van der Waals surface area (Å²) in [4.78, 5) is 13.7. The fourth-order valence-corrected chi connectivity index (χ4v) is 3.04.